The number of nitrogens with one attached hydrogen (secondary N) is 1. The van der Waals surface area contributed by atoms with Crippen LogP contribution < -0.4 is 5.32 Å². The Morgan fingerprint density at radius 2 is 2.19 bits per heavy atom. The molecule has 0 fully saturated rings. The van der Waals surface area contributed by atoms with Crippen LogP contribution in [0, 0.1) is 6.92 Å². The van der Waals surface area contributed by atoms with Gasteiger partial charge in [-0.2, -0.15) is 5.10 Å². The Labute approximate surface area is 126 Å². The number of carbonyl (C=O) groups excluding carboxylic acids is 1. The summed E-state index contributed by atoms with van der Waals surface area (Å²) in [6.07, 6.45) is 0.275. The van der Waals surface area contributed by atoms with Gasteiger partial charge in [-0.3, -0.25) is 9.48 Å². The first kappa shape index (κ1) is 13.8. The fourth-order valence-corrected chi connectivity index (χ4v) is 2.90. The van der Waals surface area contributed by atoms with Crippen LogP contribution in [-0.2, 0) is 17.8 Å². The average Bonchev–Trinajstić information content (AvgIpc) is 3.03. The van der Waals surface area contributed by atoms with E-state index >= 15 is 0 Å². The second-order valence-corrected chi connectivity index (χ2v) is 5.83. The van der Waals surface area contributed by atoms with E-state index in [-0.39, 0.29) is 12.3 Å². The highest BCUT2D eigenvalue weighted by atomic mass is 32.1. The van der Waals surface area contributed by atoms with Crippen molar-refractivity contribution < 1.29 is 4.79 Å². The van der Waals surface area contributed by atoms with Crippen LogP contribution in [-0.4, -0.2) is 20.7 Å². The van der Waals surface area contributed by atoms with Gasteiger partial charge >= 0.3 is 0 Å². The van der Waals surface area contributed by atoms with Gasteiger partial charge in [-0.25, -0.2) is 4.98 Å². The zero-order valence-electron chi connectivity index (χ0n) is 12.0. The summed E-state index contributed by atoms with van der Waals surface area (Å²) in [4.78, 5) is 16.4. The maximum atomic E-state index is 12.1. The Bertz CT molecular complexity index is 790. The third kappa shape index (κ3) is 2.80. The molecule has 0 saturated carbocycles. The van der Waals surface area contributed by atoms with Crippen molar-refractivity contribution in [2.45, 2.75) is 26.8 Å². The number of hydrogen-bond acceptors (Lipinski definition) is 4. The lowest BCUT2D eigenvalue weighted by Gasteiger charge is -2.00. The van der Waals surface area contributed by atoms with Crippen LogP contribution in [0.15, 0.2) is 29.6 Å². The van der Waals surface area contributed by atoms with Gasteiger partial charge in [0.25, 0.3) is 0 Å². The van der Waals surface area contributed by atoms with E-state index < -0.39 is 0 Å². The van der Waals surface area contributed by atoms with Gasteiger partial charge in [0.2, 0.25) is 5.91 Å². The van der Waals surface area contributed by atoms with Crippen LogP contribution >= 0.6 is 11.3 Å². The number of para-hydroxylation sites is 1. The van der Waals surface area contributed by atoms with Crippen molar-refractivity contribution in [3.8, 4) is 0 Å². The molecule has 5 nitrogen and oxygen atoms in total. The van der Waals surface area contributed by atoms with Gasteiger partial charge in [0.05, 0.1) is 22.6 Å². The van der Waals surface area contributed by atoms with Crippen LogP contribution in [0.1, 0.15) is 17.6 Å². The van der Waals surface area contributed by atoms with Gasteiger partial charge in [-0.1, -0.05) is 12.1 Å². The zero-order valence-corrected chi connectivity index (χ0v) is 12.8. The van der Waals surface area contributed by atoms with Crippen molar-refractivity contribution in [3.63, 3.8) is 0 Å². The fourth-order valence-electron chi connectivity index (χ4n) is 2.29. The summed E-state index contributed by atoms with van der Waals surface area (Å²) in [5.41, 5.74) is 1.83. The molecule has 3 rings (SSSR count). The minimum absolute atomic E-state index is 0.0909. The molecule has 2 heterocycles. The fraction of sp³-hybridized carbons (Fsp3) is 0.267. The lowest BCUT2D eigenvalue weighted by molar-refractivity contribution is -0.115. The van der Waals surface area contributed by atoms with E-state index in [2.05, 4.69) is 15.4 Å². The summed E-state index contributed by atoms with van der Waals surface area (Å²) in [5.74, 6) is 0.524. The Balaban J connectivity index is 1.83. The zero-order chi connectivity index (χ0) is 14.8. The molecule has 1 N–H and O–H groups in total. The van der Waals surface area contributed by atoms with Crippen molar-refractivity contribution in [1.29, 1.82) is 0 Å². The Kier molecular flexibility index (Phi) is 3.70. The molecular formula is C15H16N4OS. The molecule has 6 heteroatoms. The standard InChI is InChI=1S/C15H16N4OS/c1-3-19-13-7-5-4-6-12(13)15(18-19)17-14(20)8-11-9-21-10(2)16-11/h4-7,9H,3,8H2,1-2H3,(H,17,18,20). The number of benzene rings is 1. The summed E-state index contributed by atoms with van der Waals surface area (Å²) in [7, 11) is 0. The summed E-state index contributed by atoms with van der Waals surface area (Å²) in [6.45, 7) is 4.73. The Morgan fingerprint density at radius 1 is 1.38 bits per heavy atom. The van der Waals surface area contributed by atoms with Gasteiger partial charge < -0.3 is 5.32 Å². The number of nitrogens with zero attached hydrogens (tertiary/aromatic N) is 3. The molecule has 2 aromatic heterocycles. The molecule has 0 saturated heterocycles. The molecule has 1 amide bonds. The highest BCUT2D eigenvalue weighted by molar-refractivity contribution is 7.09. The number of carbonyl (C=O) groups is 1. The number of aryl methyl sites for hydroxylation is 2. The largest absolute Gasteiger partial charge is 0.308 e. The number of thiazole rings is 1. The van der Waals surface area contributed by atoms with Crippen LogP contribution in [0.25, 0.3) is 10.9 Å². The van der Waals surface area contributed by atoms with E-state index in [1.54, 1.807) is 11.3 Å². The predicted octanol–water partition coefficient (Wildman–Crippen LogP) is 3.00. The Hall–Kier alpha value is -2.21. The van der Waals surface area contributed by atoms with Crippen molar-refractivity contribution in [2.24, 2.45) is 0 Å². The Morgan fingerprint density at radius 3 is 2.90 bits per heavy atom. The molecule has 21 heavy (non-hydrogen) atoms. The van der Waals surface area contributed by atoms with E-state index in [4.69, 9.17) is 0 Å². The smallest absolute Gasteiger partial charge is 0.231 e. The highest BCUT2D eigenvalue weighted by Crippen LogP contribution is 2.22. The lowest BCUT2D eigenvalue weighted by Crippen LogP contribution is -2.15. The first-order chi connectivity index (χ1) is 10.2. The molecule has 1 aromatic carbocycles. The first-order valence-electron chi connectivity index (χ1n) is 6.83. The summed E-state index contributed by atoms with van der Waals surface area (Å²) < 4.78 is 1.89. The van der Waals surface area contributed by atoms with E-state index in [1.807, 2.05) is 48.2 Å². The number of anilines is 1. The number of rotatable bonds is 4. The topological polar surface area (TPSA) is 59.8 Å². The van der Waals surface area contributed by atoms with E-state index in [0.717, 1.165) is 28.1 Å². The number of amides is 1. The maximum Gasteiger partial charge on any atom is 0.231 e. The van der Waals surface area contributed by atoms with E-state index in [1.165, 1.54) is 0 Å². The van der Waals surface area contributed by atoms with Crippen molar-refractivity contribution >= 4 is 34.0 Å². The number of hydrogen-bond donors (Lipinski definition) is 1. The molecule has 0 radical (unpaired) electrons. The first-order valence-corrected chi connectivity index (χ1v) is 7.71. The quantitative estimate of drug-likeness (QED) is 0.805. The molecule has 0 atom stereocenters. The number of aromatic nitrogens is 3. The molecule has 0 aliphatic heterocycles. The third-order valence-corrected chi connectivity index (χ3v) is 4.05. The molecule has 0 spiro atoms. The third-order valence-electron chi connectivity index (χ3n) is 3.22. The van der Waals surface area contributed by atoms with Gasteiger partial charge in [-0.15, -0.1) is 11.3 Å². The monoisotopic (exact) mass is 300 g/mol. The molecule has 0 aliphatic carbocycles. The van der Waals surface area contributed by atoms with Crippen LogP contribution in [0.2, 0.25) is 0 Å². The van der Waals surface area contributed by atoms with Gasteiger partial charge in [0, 0.05) is 17.3 Å². The second kappa shape index (κ2) is 5.65. The molecule has 3 aromatic rings. The SMILES string of the molecule is CCn1nc(NC(=O)Cc2csc(C)n2)c2ccccc21. The minimum atomic E-state index is -0.0909. The second-order valence-electron chi connectivity index (χ2n) is 4.76. The molecule has 0 bridgehead atoms. The van der Waals surface area contributed by atoms with Crippen LogP contribution in [0.4, 0.5) is 5.82 Å². The molecular weight excluding hydrogens is 284 g/mol. The van der Waals surface area contributed by atoms with Crippen molar-refractivity contribution in [3.05, 3.63) is 40.3 Å². The maximum absolute atomic E-state index is 12.1. The van der Waals surface area contributed by atoms with Crippen LogP contribution in [0.3, 0.4) is 0 Å². The highest BCUT2D eigenvalue weighted by Gasteiger charge is 2.13. The van der Waals surface area contributed by atoms with Crippen molar-refractivity contribution in [2.75, 3.05) is 5.32 Å². The molecule has 0 unspecified atom stereocenters. The summed E-state index contributed by atoms with van der Waals surface area (Å²) in [5, 5.41) is 11.2. The van der Waals surface area contributed by atoms with E-state index in [0.29, 0.717) is 5.82 Å². The van der Waals surface area contributed by atoms with Gasteiger partial charge in [0.1, 0.15) is 0 Å². The molecule has 108 valence electrons. The summed E-state index contributed by atoms with van der Waals surface area (Å²) in [6, 6.07) is 7.89. The lowest BCUT2D eigenvalue weighted by atomic mass is 10.2. The predicted molar refractivity (Wildman–Crippen MR) is 84.6 cm³/mol. The number of fused-ring (bicyclic) bond motifs is 1. The average molecular weight is 300 g/mol. The van der Waals surface area contributed by atoms with Crippen molar-refractivity contribution in [1.82, 2.24) is 14.8 Å². The molecule has 0 aliphatic rings. The van der Waals surface area contributed by atoms with E-state index in [9.17, 15) is 4.79 Å². The normalized spacial score (nSPS) is 11.0. The summed E-state index contributed by atoms with van der Waals surface area (Å²) >= 11 is 1.55. The van der Waals surface area contributed by atoms with Gasteiger partial charge in [0.15, 0.2) is 5.82 Å². The minimum Gasteiger partial charge on any atom is -0.308 e. The van der Waals surface area contributed by atoms with Gasteiger partial charge in [-0.05, 0) is 26.0 Å². The van der Waals surface area contributed by atoms with Crippen LogP contribution in [0.5, 0.6) is 0 Å².